The number of nitrogens with one attached hydrogen (secondary N) is 2. The van der Waals surface area contributed by atoms with Gasteiger partial charge in [-0.15, -0.1) is 0 Å². The van der Waals surface area contributed by atoms with Crippen LogP contribution in [-0.2, 0) is 14.2 Å². The van der Waals surface area contributed by atoms with Crippen molar-refractivity contribution in [3.05, 3.63) is 66.6 Å². The minimum atomic E-state index is -0.592. The van der Waals surface area contributed by atoms with Crippen LogP contribution in [0.25, 0.3) is 11.3 Å². The molecule has 0 aliphatic carbocycles. The fourth-order valence-corrected chi connectivity index (χ4v) is 4.05. The number of amides is 1. The fraction of sp³-hybridized carbons (Fsp3) is 0.292. The molecule has 0 saturated carbocycles. The van der Waals surface area contributed by atoms with Crippen LogP contribution in [0.1, 0.15) is 0 Å². The number of fused-ring (bicyclic) bond motifs is 1. The van der Waals surface area contributed by atoms with Crippen molar-refractivity contribution in [3.8, 4) is 17.0 Å². The maximum absolute atomic E-state index is 13.6. The molecule has 1 aromatic heterocycles. The summed E-state index contributed by atoms with van der Waals surface area (Å²) in [6, 6.07) is 14.6. The van der Waals surface area contributed by atoms with Gasteiger partial charge in [0.2, 0.25) is 5.95 Å². The molecule has 34 heavy (non-hydrogen) atoms. The van der Waals surface area contributed by atoms with E-state index in [0.717, 1.165) is 0 Å². The zero-order chi connectivity index (χ0) is 23.5. The summed E-state index contributed by atoms with van der Waals surface area (Å²) in [6.07, 6.45) is -0.278. The second kappa shape index (κ2) is 9.62. The Morgan fingerprint density at radius 1 is 1.09 bits per heavy atom. The van der Waals surface area contributed by atoms with Gasteiger partial charge in [0.1, 0.15) is 23.8 Å². The molecule has 2 N–H and O–H groups in total. The van der Waals surface area contributed by atoms with E-state index in [4.69, 9.17) is 18.9 Å². The highest BCUT2D eigenvalue weighted by Gasteiger charge is 2.49. The van der Waals surface area contributed by atoms with E-state index in [1.165, 1.54) is 12.1 Å². The molecule has 9 nitrogen and oxygen atoms in total. The lowest BCUT2D eigenvalue weighted by Crippen LogP contribution is -2.38. The molecule has 2 aromatic carbocycles. The summed E-state index contributed by atoms with van der Waals surface area (Å²) in [7, 11) is 1.57. The number of carbonyl (C=O) groups is 1. The van der Waals surface area contributed by atoms with Gasteiger partial charge in [-0.25, -0.2) is 19.2 Å². The first kappa shape index (κ1) is 22.1. The lowest BCUT2D eigenvalue weighted by atomic mass is 10.1. The number of carbonyl (C=O) groups excluding carboxylic acids is 1. The van der Waals surface area contributed by atoms with Crippen molar-refractivity contribution in [3.63, 3.8) is 0 Å². The third kappa shape index (κ3) is 4.78. The van der Waals surface area contributed by atoms with Gasteiger partial charge in [-0.2, -0.15) is 0 Å². The van der Waals surface area contributed by atoms with E-state index in [9.17, 15) is 9.18 Å². The predicted octanol–water partition coefficient (Wildman–Crippen LogP) is 3.49. The molecule has 0 unspecified atom stereocenters. The highest BCUT2D eigenvalue weighted by molar-refractivity contribution is 5.84. The van der Waals surface area contributed by atoms with Gasteiger partial charge in [0.25, 0.3) is 0 Å². The van der Waals surface area contributed by atoms with Gasteiger partial charge in [-0.1, -0.05) is 12.1 Å². The smallest absolute Gasteiger partial charge is 0.412 e. The molecular formula is C24H23FN4O5. The number of rotatable bonds is 6. The molecule has 2 aliphatic heterocycles. The number of methoxy groups -OCH3 is 1. The van der Waals surface area contributed by atoms with Crippen LogP contribution in [0.4, 0.5) is 20.8 Å². The molecule has 3 heterocycles. The quantitative estimate of drug-likeness (QED) is 0.569. The number of anilines is 2. The zero-order valence-electron chi connectivity index (χ0n) is 18.3. The maximum Gasteiger partial charge on any atom is 0.412 e. The van der Waals surface area contributed by atoms with Crippen molar-refractivity contribution in [2.45, 2.75) is 24.4 Å². The lowest BCUT2D eigenvalue weighted by Gasteiger charge is -2.18. The first-order chi connectivity index (χ1) is 16.6. The van der Waals surface area contributed by atoms with Crippen molar-refractivity contribution in [2.24, 2.45) is 0 Å². The monoisotopic (exact) mass is 466 g/mol. The number of benzene rings is 2. The Morgan fingerprint density at radius 3 is 2.71 bits per heavy atom. The van der Waals surface area contributed by atoms with E-state index >= 15 is 0 Å². The Morgan fingerprint density at radius 2 is 1.91 bits per heavy atom. The molecule has 1 amide bonds. The molecule has 0 radical (unpaired) electrons. The second-order valence-electron chi connectivity index (χ2n) is 7.92. The van der Waals surface area contributed by atoms with E-state index < -0.39 is 18.3 Å². The van der Waals surface area contributed by atoms with Crippen LogP contribution >= 0.6 is 0 Å². The van der Waals surface area contributed by atoms with Gasteiger partial charge < -0.3 is 24.3 Å². The predicted molar refractivity (Wildman–Crippen MR) is 121 cm³/mol. The van der Waals surface area contributed by atoms with E-state index in [1.54, 1.807) is 55.8 Å². The molecular weight excluding hydrogens is 443 g/mol. The first-order valence-electron chi connectivity index (χ1n) is 10.8. The average molecular weight is 466 g/mol. The van der Waals surface area contributed by atoms with Crippen LogP contribution < -0.4 is 15.4 Å². The summed E-state index contributed by atoms with van der Waals surface area (Å²) in [4.78, 5) is 21.1. The van der Waals surface area contributed by atoms with Crippen molar-refractivity contribution < 1.29 is 28.1 Å². The van der Waals surface area contributed by atoms with Gasteiger partial charge in [0.05, 0.1) is 32.1 Å². The van der Waals surface area contributed by atoms with Crippen LogP contribution in [0.3, 0.4) is 0 Å². The Hall–Kier alpha value is -3.76. The Labute approximate surface area is 195 Å². The number of nitrogens with zero attached hydrogens (tertiary/aromatic N) is 2. The highest BCUT2D eigenvalue weighted by Crippen LogP contribution is 2.31. The van der Waals surface area contributed by atoms with E-state index in [0.29, 0.717) is 35.2 Å². The number of hydrogen-bond acceptors (Lipinski definition) is 8. The summed E-state index contributed by atoms with van der Waals surface area (Å²) in [5, 5.41) is 5.91. The fourth-order valence-electron chi connectivity index (χ4n) is 4.05. The SMILES string of the molecule is COc1ccc(NC(=O)O[C@@H]2CO[C@H]3[C@@H]2OC[C@@H]3Nc2nccc(-c3cccc(F)c3)n2)cc1. The highest BCUT2D eigenvalue weighted by atomic mass is 19.1. The van der Waals surface area contributed by atoms with Crippen molar-refractivity contribution in [1.82, 2.24) is 9.97 Å². The molecule has 4 atom stereocenters. The number of hydrogen-bond donors (Lipinski definition) is 2. The van der Waals surface area contributed by atoms with Crippen LogP contribution in [0.5, 0.6) is 5.75 Å². The average Bonchev–Trinajstić information content (AvgIpc) is 3.43. The van der Waals surface area contributed by atoms with Crippen molar-refractivity contribution in [2.75, 3.05) is 31.0 Å². The third-order valence-corrected chi connectivity index (χ3v) is 5.69. The largest absolute Gasteiger partial charge is 0.497 e. The Bertz CT molecular complexity index is 1160. The topological polar surface area (TPSA) is 104 Å². The minimum absolute atomic E-state index is 0.216. The maximum atomic E-state index is 13.6. The summed E-state index contributed by atoms with van der Waals surface area (Å²) >= 11 is 0. The molecule has 0 spiro atoms. The third-order valence-electron chi connectivity index (χ3n) is 5.69. The number of halogens is 1. The molecule has 0 bridgehead atoms. The van der Waals surface area contributed by atoms with Gasteiger partial charge in [0, 0.05) is 17.4 Å². The summed E-state index contributed by atoms with van der Waals surface area (Å²) in [6.45, 7) is 0.552. The summed E-state index contributed by atoms with van der Waals surface area (Å²) < 4.78 is 36.0. The summed E-state index contributed by atoms with van der Waals surface area (Å²) in [5.41, 5.74) is 1.83. The van der Waals surface area contributed by atoms with Crippen LogP contribution in [0, 0.1) is 5.82 Å². The molecule has 3 aromatic rings. The normalized spacial score (nSPS) is 23.2. The van der Waals surface area contributed by atoms with Crippen molar-refractivity contribution >= 4 is 17.7 Å². The Kier molecular flexibility index (Phi) is 6.24. The molecule has 2 saturated heterocycles. The molecule has 10 heteroatoms. The lowest BCUT2D eigenvalue weighted by molar-refractivity contribution is 0.00917. The molecule has 5 rings (SSSR count). The zero-order valence-corrected chi connectivity index (χ0v) is 18.3. The standard InChI is InChI=1S/C24H23FN4O5/c1-31-17-7-5-16(6-8-17)27-24(30)34-20-13-33-21-19(12-32-22(20)21)29-23-26-10-9-18(28-23)14-3-2-4-15(25)11-14/h2-11,19-22H,12-13H2,1H3,(H,27,30)(H,26,28,29)/t19-,20+,21+,22+/m0/s1. The number of ether oxygens (including phenoxy) is 4. The van der Waals surface area contributed by atoms with Gasteiger partial charge in [-0.05, 0) is 42.5 Å². The van der Waals surface area contributed by atoms with E-state index in [-0.39, 0.29) is 24.6 Å². The summed E-state index contributed by atoms with van der Waals surface area (Å²) in [5.74, 6) is 0.731. The van der Waals surface area contributed by atoms with Crippen LogP contribution in [-0.4, -0.2) is 60.7 Å². The second-order valence-corrected chi connectivity index (χ2v) is 7.92. The van der Waals surface area contributed by atoms with E-state index in [1.807, 2.05) is 0 Å². The van der Waals surface area contributed by atoms with Crippen molar-refractivity contribution in [1.29, 1.82) is 0 Å². The van der Waals surface area contributed by atoms with Crippen LogP contribution in [0.15, 0.2) is 60.8 Å². The number of aromatic nitrogens is 2. The molecule has 176 valence electrons. The van der Waals surface area contributed by atoms with Gasteiger partial charge in [-0.3, -0.25) is 5.32 Å². The van der Waals surface area contributed by atoms with Gasteiger partial charge in [0.15, 0.2) is 6.10 Å². The molecule has 2 fully saturated rings. The van der Waals surface area contributed by atoms with Crippen LogP contribution in [0.2, 0.25) is 0 Å². The minimum Gasteiger partial charge on any atom is -0.497 e. The van der Waals surface area contributed by atoms with E-state index in [2.05, 4.69) is 20.6 Å². The van der Waals surface area contributed by atoms with Gasteiger partial charge >= 0.3 is 6.09 Å². The Balaban J connectivity index is 1.18. The molecule has 2 aliphatic rings. The first-order valence-corrected chi connectivity index (χ1v) is 10.8.